The van der Waals surface area contributed by atoms with E-state index in [-0.39, 0.29) is 16.0 Å². The fourth-order valence-corrected chi connectivity index (χ4v) is 4.06. The zero-order valence-corrected chi connectivity index (χ0v) is 11.8. The van der Waals surface area contributed by atoms with Crippen LogP contribution in [-0.2, 0) is 10.0 Å². The summed E-state index contributed by atoms with van der Waals surface area (Å²) in [6.07, 6.45) is 0.783. The molecule has 1 heterocycles. The summed E-state index contributed by atoms with van der Waals surface area (Å²) in [5, 5.41) is 0.254. The van der Waals surface area contributed by atoms with E-state index < -0.39 is 10.0 Å². The number of sulfonamides is 1. The van der Waals surface area contributed by atoms with E-state index >= 15 is 0 Å². The molecule has 2 rings (SSSR count). The van der Waals surface area contributed by atoms with Gasteiger partial charge >= 0.3 is 0 Å². The Morgan fingerprint density at radius 1 is 1.39 bits per heavy atom. The molecule has 18 heavy (non-hydrogen) atoms. The quantitative estimate of drug-likeness (QED) is 0.901. The molecule has 1 saturated heterocycles. The van der Waals surface area contributed by atoms with Crippen molar-refractivity contribution in [3.63, 3.8) is 0 Å². The topological polar surface area (TPSA) is 63.4 Å². The highest BCUT2D eigenvalue weighted by molar-refractivity contribution is 7.89. The molecule has 0 saturated carbocycles. The minimum atomic E-state index is -3.53. The monoisotopic (exact) mass is 288 g/mol. The third-order valence-corrected chi connectivity index (χ3v) is 5.80. The van der Waals surface area contributed by atoms with Crippen LogP contribution in [0.15, 0.2) is 29.2 Å². The molecule has 1 aromatic rings. The van der Waals surface area contributed by atoms with Crippen LogP contribution in [-0.4, -0.2) is 31.9 Å². The number of hydrogen-bond acceptors (Lipinski definition) is 3. The average Bonchev–Trinajstić information content (AvgIpc) is 2.33. The van der Waals surface area contributed by atoms with E-state index in [0.29, 0.717) is 19.0 Å². The van der Waals surface area contributed by atoms with Crippen LogP contribution in [0.5, 0.6) is 0 Å². The van der Waals surface area contributed by atoms with Gasteiger partial charge in [0.05, 0.1) is 5.02 Å². The molecule has 1 aliphatic rings. The molecule has 1 fully saturated rings. The maximum atomic E-state index is 12.4. The largest absolute Gasteiger partial charge is 0.326 e. The third kappa shape index (κ3) is 2.54. The highest BCUT2D eigenvalue weighted by Gasteiger charge is 2.32. The second-order valence-electron chi connectivity index (χ2n) is 4.72. The van der Waals surface area contributed by atoms with Crippen molar-refractivity contribution in [3.8, 4) is 0 Å². The molecule has 0 radical (unpaired) electrons. The van der Waals surface area contributed by atoms with E-state index in [2.05, 4.69) is 0 Å². The second kappa shape index (κ2) is 5.17. The van der Waals surface area contributed by atoms with Gasteiger partial charge in [-0.05, 0) is 24.5 Å². The fourth-order valence-electron chi connectivity index (χ4n) is 2.08. The van der Waals surface area contributed by atoms with Crippen molar-refractivity contribution in [1.29, 1.82) is 0 Å². The standard InChI is InChI=1S/C12H17ClN2O2S/c1-9-6-7-15(8-11(9)14)18(16,17)12-5-3-2-4-10(12)13/h2-5,9,11H,6-8,14H2,1H3. The van der Waals surface area contributed by atoms with Crippen LogP contribution >= 0.6 is 11.6 Å². The molecule has 0 spiro atoms. The predicted molar refractivity (Wildman–Crippen MR) is 72.0 cm³/mol. The predicted octanol–water partition coefficient (Wildman–Crippen LogP) is 1.70. The van der Waals surface area contributed by atoms with Gasteiger partial charge < -0.3 is 5.73 Å². The van der Waals surface area contributed by atoms with E-state index in [4.69, 9.17) is 17.3 Å². The fraction of sp³-hybridized carbons (Fsp3) is 0.500. The number of rotatable bonds is 2. The van der Waals surface area contributed by atoms with Gasteiger partial charge in [0.1, 0.15) is 4.90 Å². The molecule has 0 aliphatic carbocycles. The first-order valence-electron chi connectivity index (χ1n) is 5.93. The Kier molecular flexibility index (Phi) is 3.96. The molecule has 0 amide bonds. The first kappa shape index (κ1) is 13.8. The minimum Gasteiger partial charge on any atom is -0.326 e. The Hall–Kier alpha value is -0.620. The maximum Gasteiger partial charge on any atom is 0.244 e. The summed E-state index contributed by atoms with van der Waals surface area (Å²) in [5.74, 6) is 0.350. The molecule has 0 bridgehead atoms. The molecular formula is C12H17ClN2O2S. The van der Waals surface area contributed by atoms with Crippen molar-refractivity contribution in [2.75, 3.05) is 13.1 Å². The highest BCUT2D eigenvalue weighted by atomic mass is 35.5. The lowest BCUT2D eigenvalue weighted by molar-refractivity contribution is 0.253. The summed E-state index contributed by atoms with van der Waals surface area (Å²) >= 11 is 5.96. The molecule has 2 atom stereocenters. The second-order valence-corrected chi connectivity index (χ2v) is 7.04. The number of piperidine rings is 1. The van der Waals surface area contributed by atoms with Crippen LogP contribution in [0.1, 0.15) is 13.3 Å². The number of halogens is 1. The Bertz CT molecular complexity index is 533. The average molecular weight is 289 g/mol. The molecule has 4 nitrogen and oxygen atoms in total. The summed E-state index contributed by atoms with van der Waals surface area (Å²) in [5.41, 5.74) is 5.94. The summed E-state index contributed by atoms with van der Waals surface area (Å²) in [6, 6.07) is 6.38. The van der Waals surface area contributed by atoms with Crippen molar-refractivity contribution in [3.05, 3.63) is 29.3 Å². The van der Waals surface area contributed by atoms with E-state index in [1.807, 2.05) is 6.92 Å². The van der Waals surface area contributed by atoms with Gasteiger partial charge in [-0.2, -0.15) is 4.31 Å². The number of nitrogens with zero attached hydrogens (tertiary/aromatic N) is 1. The summed E-state index contributed by atoms with van der Waals surface area (Å²) < 4.78 is 26.3. The van der Waals surface area contributed by atoms with Crippen molar-refractivity contribution in [1.82, 2.24) is 4.31 Å². The Morgan fingerprint density at radius 3 is 2.67 bits per heavy atom. The SMILES string of the molecule is CC1CCN(S(=O)(=O)c2ccccc2Cl)CC1N. The van der Waals surface area contributed by atoms with Gasteiger partial charge in [-0.15, -0.1) is 0 Å². The highest BCUT2D eigenvalue weighted by Crippen LogP contribution is 2.27. The maximum absolute atomic E-state index is 12.4. The molecule has 2 N–H and O–H groups in total. The zero-order valence-electron chi connectivity index (χ0n) is 10.2. The van der Waals surface area contributed by atoms with Gasteiger partial charge in [-0.1, -0.05) is 30.7 Å². The van der Waals surface area contributed by atoms with Crippen molar-refractivity contribution in [2.45, 2.75) is 24.3 Å². The van der Waals surface area contributed by atoms with Gasteiger partial charge in [0, 0.05) is 19.1 Å². The van der Waals surface area contributed by atoms with Gasteiger partial charge in [0.15, 0.2) is 0 Å². The van der Waals surface area contributed by atoms with Crippen LogP contribution in [0.25, 0.3) is 0 Å². The van der Waals surface area contributed by atoms with E-state index in [1.165, 1.54) is 10.4 Å². The minimum absolute atomic E-state index is 0.115. The number of nitrogens with two attached hydrogens (primary N) is 1. The Morgan fingerprint density at radius 2 is 2.06 bits per heavy atom. The van der Waals surface area contributed by atoms with Crippen LogP contribution in [0.4, 0.5) is 0 Å². The van der Waals surface area contributed by atoms with Gasteiger partial charge in [-0.25, -0.2) is 8.42 Å². The Labute approximate surface area is 113 Å². The van der Waals surface area contributed by atoms with Crippen LogP contribution in [0.3, 0.4) is 0 Å². The summed E-state index contributed by atoms with van der Waals surface area (Å²) in [6.45, 7) is 2.90. The van der Waals surface area contributed by atoms with Gasteiger partial charge in [-0.3, -0.25) is 0 Å². The lowest BCUT2D eigenvalue weighted by atomic mass is 9.96. The molecule has 0 aromatic heterocycles. The molecule has 6 heteroatoms. The molecule has 1 aliphatic heterocycles. The molecule has 1 aromatic carbocycles. The third-order valence-electron chi connectivity index (χ3n) is 3.43. The Balaban J connectivity index is 2.30. The summed E-state index contributed by atoms with van der Waals surface area (Å²) in [7, 11) is -3.53. The van der Waals surface area contributed by atoms with Crippen LogP contribution < -0.4 is 5.73 Å². The molecule has 2 unspecified atom stereocenters. The van der Waals surface area contributed by atoms with E-state index in [1.54, 1.807) is 18.2 Å². The van der Waals surface area contributed by atoms with Crippen LogP contribution in [0, 0.1) is 5.92 Å². The van der Waals surface area contributed by atoms with Crippen molar-refractivity contribution >= 4 is 21.6 Å². The lowest BCUT2D eigenvalue weighted by Crippen LogP contribution is -2.49. The van der Waals surface area contributed by atoms with Gasteiger partial charge in [0.2, 0.25) is 10.0 Å². The van der Waals surface area contributed by atoms with Crippen molar-refractivity contribution < 1.29 is 8.42 Å². The van der Waals surface area contributed by atoms with E-state index in [9.17, 15) is 8.42 Å². The first-order chi connectivity index (χ1) is 8.43. The zero-order chi connectivity index (χ0) is 13.3. The molecular weight excluding hydrogens is 272 g/mol. The smallest absolute Gasteiger partial charge is 0.244 e. The van der Waals surface area contributed by atoms with E-state index in [0.717, 1.165) is 6.42 Å². The summed E-state index contributed by atoms with van der Waals surface area (Å²) in [4.78, 5) is 0.161. The van der Waals surface area contributed by atoms with Crippen LogP contribution in [0.2, 0.25) is 5.02 Å². The normalized spacial score (nSPS) is 26.2. The lowest BCUT2D eigenvalue weighted by Gasteiger charge is -2.34. The first-order valence-corrected chi connectivity index (χ1v) is 7.75. The molecule has 100 valence electrons. The number of benzene rings is 1. The number of hydrogen-bond donors (Lipinski definition) is 1. The van der Waals surface area contributed by atoms with Crippen molar-refractivity contribution in [2.24, 2.45) is 11.7 Å². The van der Waals surface area contributed by atoms with Gasteiger partial charge in [0.25, 0.3) is 0 Å².